The monoisotopic (exact) mass is 288 g/mol. The number of nitrogens with one attached hydrogen (secondary N) is 1. The van der Waals surface area contributed by atoms with Crippen LogP contribution in [0.25, 0.3) is 0 Å². The molecule has 1 saturated heterocycles. The van der Waals surface area contributed by atoms with Crippen LogP contribution in [0.3, 0.4) is 0 Å². The van der Waals surface area contributed by atoms with Crippen molar-refractivity contribution >= 4 is 27.9 Å². The fourth-order valence-electron chi connectivity index (χ4n) is 1.93. The average Bonchev–Trinajstić information content (AvgIpc) is 2.57. The molecule has 1 aliphatic heterocycles. The Morgan fingerprint density at radius 1 is 1.42 bits per heavy atom. The third-order valence-corrected chi connectivity index (χ3v) is 3.52. The maximum absolute atomic E-state index is 11.5. The zero-order chi connectivity index (χ0) is 13.4. The Bertz CT molecular complexity index is 544. The normalized spacial score (nSPS) is 31.8. The number of aromatic amines is 1. The minimum atomic E-state index is -1.39. The van der Waals surface area contributed by atoms with Crippen LogP contribution in [0.4, 0.5) is 0 Å². The number of aliphatic hydroxyl groups is 2. The molecule has 1 aliphatic rings. The van der Waals surface area contributed by atoms with Gasteiger partial charge in [-0.15, -0.1) is 0 Å². The summed E-state index contributed by atoms with van der Waals surface area (Å²) >= 11 is 0.244. The molecular formula is C9H10N2Na2O6. The quantitative estimate of drug-likeness (QED) is 0.464. The molecule has 2 rings (SSSR count). The van der Waals surface area contributed by atoms with Crippen LogP contribution in [0.15, 0.2) is 21.9 Å². The van der Waals surface area contributed by atoms with Crippen molar-refractivity contribution in [3.8, 4) is 0 Å². The fourth-order valence-corrected chi connectivity index (χ4v) is 2.48. The van der Waals surface area contributed by atoms with E-state index in [-0.39, 0.29) is 57.5 Å². The first-order chi connectivity index (χ1) is 8.41. The number of aliphatic hydroxyl groups excluding tert-OH is 2. The van der Waals surface area contributed by atoms with Crippen LogP contribution in [-0.4, -0.2) is 69.4 Å². The Labute approximate surface area is 147 Å². The van der Waals surface area contributed by atoms with E-state index in [0.29, 0.717) is 0 Å². The smallest absolute Gasteiger partial charge is 1.00 e. The summed E-state index contributed by atoms with van der Waals surface area (Å²) in [4.78, 5) is 24.4. The number of ether oxygens (including phenoxy) is 1. The second kappa shape index (κ2) is 6.99. The number of nitrogens with zero attached hydrogens (tertiary/aromatic N) is 1. The summed E-state index contributed by atoms with van der Waals surface area (Å²) in [5, 5.41) is 30.8. The van der Waals surface area contributed by atoms with Crippen molar-refractivity contribution in [3.63, 3.8) is 0 Å². The number of aromatic nitrogens is 2. The number of hydrogen-bond donors (Lipinski definition) is 3. The molecule has 1 fully saturated rings. The molecule has 0 bridgehead atoms. The first kappa shape index (κ1) is 17.6. The molecule has 0 amide bonds. The van der Waals surface area contributed by atoms with Crippen molar-refractivity contribution in [2.24, 2.45) is 0 Å². The molecule has 0 radical (unpaired) electrons. The van der Waals surface area contributed by atoms with Crippen molar-refractivity contribution < 1.29 is 49.6 Å². The number of hydrogen-bond acceptors (Lipinski definition) is 6. The molecule has 1 aromatic rings. The van der Waals surface area contributed by atoms with E-state index in [0.717, 1.165) is 16.8 Å². The minimum absolute atomic E-state index is 0. The number of H-pyrrole nitrogens is 1. The average molecular weight is 288 g/mol. The van der Waals surface area contributed by atoms with Gasteiger partial charge in [0.25, 0.3) is 0 Å². The molecule has 10 heteroatoms. The summed E-state index contributed by atoms with van der Waals surface area (Å²) in [7, 11) is 0. The molecule has 1 unspecified atom stereocenters. The van der Waals surface area contributed by atoms with Crippen LogP contribution >= 0.6 is 0 Å². The van der Waals surface area contributed by atoms with Crippen LogP contribution in [0, 0.1) is 0 Å². The van der Waals surface area contributed by atoms with Crippen molar-refractivity contribution in [3.05, 3.63) is 33.1 Å². The van der Waals surface area contributed by atoms with E-state index < -0.39 is 39.1 Å². The Morgan fingerprint density at radius 2 is 2.05 bits per heavy atom. The van der Waals surface area contributed by atoms with Gasteiger partial charge in [-0.25, -0.2) is 0 Å². The molecule has 2 heterocycles. The summed E-state index contributed by atoms with van der Waals surface area (Å²) in [6.07, 6.45) is -3.79. The van der Waals surface area contributed by atoms with Crippen LogP contribution in [0.5, 0.6) is 0 Å². The maximum Gasteiger partial charge on any atom is 1.00 e. The zero-order valence-electron chi connectivity index (χ0n) is 10.5. The van der Waals surface area contributed by atoms with E-state index in [9.17, 15) is 24.9 Å². The molecule has 0 spiro atoms. The van der Waals surface area contributed by atoms with Gasteiger partial charge in [0.1, 0.15) is 0 Å². The third-order valence-electron chi connectivity index (χ3n) is 2.86. The summed E-state index contributed by atoms with van der Waals surface area (Å²) in [6.45, 7) is 0. The van der Waals surface area contributed by atoms with E-state index in [1.165, 1.54) is 0 Å². The Morgan fingerprint density at radius 3 is 2.53 bits per heavy atom. The van der Waals surface area contributed by atoms with Crippen LogP contribution < -0.4 is 45.9 Å². The topological polar surface area (TPSA) is 128 Å². The van der Waals surface area contributed by atoms with Crippen molar-refractivity contribution in [1.82, 2.24) is 9.55 Å². The molecular weight excluding hydrogens is 278 g/mol. The van der Waals surface area contributed by atoms with E-state index in [1.54, 1.807) is 0 Å². The third kappa shape index (κ3) is 3.59. The van der Waals surface area contributed by atoms with Crippen molar-refractivity contribution in [2.45, 2.75) is 27.9 Å². The molecule has 1 aromatic heterocycles. The zero-order valence-corrected chi connectivity index (χ0v) is 14.5. The van der Waals surface area contributed by atoms with Gasteiger partial charge >= 0.3 is 148 Å². The van der Waals surface area contributed by atoms with Crippen LogP contribution in [-0.2, 0) is 4.74 Å². The molecule has 5 atom stereocenters. The minimum Gasteiger partial charge on any atom is 1.00 e. The van der Waals surface area contributed by atoms with E-state index in [1.807, 2.05) is 4.98 Å². The Kier molecular flexibility index (Phi) is 6.46. The van der Waals surface area contributed by atoms with Gasteiger partial charge in [0, 0.05) is 0 Å². The summed E-state index contributed by atoms with van der Waals surface area (Å²) in [5.74, 6) is 0. The SMILES string of the molecule is O=c1ccn([C@@H]2O[C@H]([CH]([O-])[Na])[C@@H](O)[C@H]2O)c(=O)[nH]1.[Na+]. The summed E-state index contributed by atoms with van der Waals surface area (Å²) < 4.78 is 5.05. The largest absolute Gasteiger partial charge is 1.00 e. The predicted octanol–water partition coefficient (Wildman–Crippen LogP) is -6.99. The number of rotatable bonds is 2. The first-order valence-corrected chi connectivity index (χ1v) is 6.56. The van der Waals surface area contributed by atoms with Gasteiger partial charge in [-0.1, -0.05) is 0 Å². The van der Waals surface area contributed by atoms with Crippen LogP contribution in [0.2, 0.25) is 0 Å². The van der Waals surface area contributed by atoms with Gasteiger partial charge in [0.2, 0.25) is 0 Å². The molecule has 3 N–H and O–H groups in total. The maximum atomic E-state index is 11.5. The summed E-state index contributed by atoms with van der Waals surface area (Å²) in [5.41, 5.74) is -1.35. The molecule has 8 nitrogen and oxygen atoms in total. The van der Waals surface area contributed by atoms with E-state index in [4.69, 9.17) is 4.74 Å². The molecule has 19 heavy (non-hydrogen) atoms. The second-order valence-corrected chi connectivity index (χ2v) is 5.33. The molecule has 94 valence electrons. The van der Waals surface area contributed by atoms with Crippen LogP contribution in [0.1, 0.15) is 6.23 Å². The Balaban J connectivity index is 0.00000180. The first-order valence-electron chi connectivity index (χ1n) is 5.40. The molecule has 0 aromatic carbocycles. The predicted molar refractivity (Wildman–Crippen MR) is 56.8 cm³/mol. The van der Waals surface area contributed by atoms with E-state index >= 15 is 0 Å². The fraction of sp³-hybridized carbons (Fsp3) is 0.556. The van der Waals surface area contributed by atoms with E-state index in [2.05, 4.69) is 0 Å². The van der Waals surface area contributed by atoms with Gasteiger partial charge < -0.3 is 0 Å². The van der Waals surface area contributed by atoms with Gasteiger partial charge in [-0.3, -0.25) is 0 Å². The van der Waals surface area contributed by atoms with Crippen molar-refractivity contribution in [1.29, 1.82) is 0 Å². The standard InChI is InChI=1S/C9H10N2O6.2Na/c12-3-4-6(14)7(15)8(17-4)11-2-1-5(13)10-9(11)16;;/h1-4,6-8,14-15H,(H,10,13,16);;/q-1;;+1/t4-,6-,7-,8-;;/m1../s1. The molecule has 0 saturated carbocycles. The van der Waals surface area contributed by atoms with Gasteiger partial charge in [-0.05, 0) is 0 Å². The summed E-state index contributed by atoms with van der Waals surface area (Å²) in [6, 6.07) is 1.09. The Hall–Kier alpha value is 0.520. The van der Waals surface area contributed by atoms with Crippen molar-refractivity contribution in [2.75, 3.05) is 0 Å². The second-order valence-electron chi connectivity index (χ2n) is 4.19. The van der Waals surface area contributed by atoms with Gasteiger partial charge in [-0.2, -0.15) is 0 Å². The van der Waals surface area contributed by atoms with Gasteiger partial charge in [0.05, 0.1) is 0 Å². The molecule has 0 aliphatic carbocycles. The van der Waals surface area contributed by atoms with Gasteiger partial charge in [0.15, 0.2) is 0 Å².